The van der Waals surface area contributed by atoms with Crippen molar-refractivity contribution in [3.8, 4) is 28.8 Å². The lowest BCUT2D eigenvalue weighted by Gasteiger charge is -2.19. The number of nitrogens with zero attached hydrogens (tertiary/aromatic N) is 4. The van der Waals surface area contributed by atoms with Gasteiger partial charge in [0.05, 0.1) is 36.9 Å². The molecule has 10 nitrogen and oxygen atoms in total. The fourth-order valence-electron chi connectivity index (χ4n) is 6.05. The summed E-state index contributed by atoms with van der Waals surface area (Å²) in [7, 11) is 1.52. The first kappa shape index (κ1) is 29.6. The summed E-state index contributed by atoms with van der Waals surface area (Å²) in [4.78, 5) is 35.6. The van der Waals surface area contributed by atoms with Gasteiger partial charge in [-0.05, 0) is 55.2 Å². The number of hydrogen-bond acceptors (Lipinski definition) is 8. The van der Waals surface area contributed by atoms with E-state index in [0.717, 1.165) is 19.3 Å². The predicted octanol–water partition coefficient (Wildman–Crippen LogP) is 5.59. The molecule has 236 valence electrons. The Bertz CT molecular complexity index is 2020. The first-order chi connectivity index (χ1) is 22.4. The number of Topliss-reactive ketones (excluding diaryl/α,β-unsaturated/α-hetero) is 1. The number of halogens is 2. The standard InChI is InChI=1S/C34H30F2N4O6/c1-43-30-16-22-25(17-31(30)45-21-11-13-44-18-21)37-19-38-33(22)46-29-10-9-20(14-24(29)36)15-28(41)32-27-8-4-5-12-39(27)40(34(32)42)26-7-3-2-6-23(26)35/h2-3,6-7,9-10,14,16-17,19,21H,4-5,8,11-13,15,18H2,1H3/t21-/m0/s1. The number of fused-ring (bicyclic) bond motifs is 2. The van der Waals surface area contributed by atoms with E-state index < -0.39 is 23.0 Å². The molecular formula is C34H30F2N4O6. The van der Waals surface area contributed by atoms with Crippen molar-refractivity contribution >= 4 is 16.7 Å². The smallest absolute Gasteiger partial charge is 0.282 e. The second kappa shape index (κ2) is 12.4. The number of rotatable bonds is 9. The van der Waals surface area contributed by atoms with Crippen LogP contribution in [0.25, 0.3) is 16.6 Å². The quantitative estimate of drug-likeness (QED) is 0.195. The summed E-state index contributed by atoms with van der Waals surface area (Å²) >= 11 is 0. The first-order valence-electron chi connectivity index (χ1n) is 15.1. The molecule has 7 rings (SSSR count). The van der Waals surface area contributed by atoms with Gasteiger partial charge in [0.15, 0.2) is 28.8 Å². The van der Waals surface area contributed by atoms with Gasteiger partial charge < -0.3 is 18.9 Å². The van der Waals surface area contributed by atoms with Gasteiger partial charge in [0.1, 0.15) is 29.5 Å². The minimum atomic E-state index is -0.715. The average molecular weight is 629 g/mol. The van der Waals surface area contributed by atoms with E-state index in [9.17, 15) is 14.0 Å². The van der Waals surface area contributed by atoms with Crippen molar-refractivity contribution in [2.24, 2.45) is 0 Å². The molecule has 0 aliphatic carbocycles. The lowest BCUT2D eigenvalue weighted by Crippen LogP contribution is -2.25. The molecule has 2 aromatic heterocycles. The molecule has 2 aliphatic rings. The Balaban J connectivity index is 1.14. The number of benzene rings is 3. The minimum Gasteiger partial charge on any atom is -0.493 e. The highest BCUT2D eigenvalue weighted by Gasteiger charge is 2.29. The Morgan fingerprint density at radius 1 is 1.02 bits per heavy atom. The molecular weight excluding hydrogens is 598 g/mol. The SMILES string of the molecule is COc1cc2c(Oc3ccc(CC(=O)c4c5n(n(-c6ccccc6F)c4=O)CCCC5)cc3F)ncnc2cc1O[C@H]1CCOC1. The Labute approximate surface area is 262 Å². The van der Waals surface area contributed by atoms with Gasteiger partial charge in [0, 0.05) is 25.5 Å². The van der Waals surface area contributed by atoms with Crippen LogP contribution in [0.5, 0.6) is 23.1 Å². The van der Waals surface area contributed by atoms with Crippen LogP contribution in [0.4, 0.5) is 8.78 Å². The largest absolute Gasteiger partial charge is 0.493 e. The second-order valence-corrected chi connectivity index (χ2v) is 11.2. The molecule has 1 saturated heterocycles. The topological polar surface area (TPSA) is 107 Å². The maximum Gasteiger partial charge on any atom is 0.282 e. The van der Waals surface area contributed by atoms with Crippen molar-refractivity contribution in [1.29, 1.82) is 0 Å². The second-order valence-electron chi connectivity index (χ2n) is 11.2. The zero-order valence-corrected chi connectivity index (χ0v) is 25.0. The third-order valence-corrected chi connectivity index (χ3v) is 8.27. The van der Waals surface area contributed by atoms with Gasteiger partial charge in [-0.2, -0.15) is 0 Å². The van der Waals surface area contributed by atoms with Crippen LogP contribution in [-0.4, -0.2) is 51.5 Å². The van der Waals surface area contributed by atoms with Gasteiger partial charge >= 0.3 is 0 Å². The lowest BCUT2D eigenvalue weighted by atomic mass is 9.99. The van der Waals surface area contributed by atoms with E-state index in [2.05, 4.69) is 9.97 Å². The summed E-state index contributed by atoms with van der Waals surface area (Å²) in [5, 5.41) is 0.484. The Kier molecular flexibility index (Phi) is 7.95. The molecule has 0 N–H and O–H groups in total. The van der Waals surface area contributed by atoms with Crippen LogP contribution in [0.15, 0.2) is 65.7 Å². The summed E-state index contributed by atoms with van der Waals surface area (Å²) in [6, 6.07) is 13.5. The highest BCUT2D eigenvalue weighted by Crippen LogP contribution is 2.37. The van der Waals surface area contributed by atoms with Gasteiger partial charge in [0.25, 0.3) is 5.56 Å². The average Bonchev–Trinajstić information content (AvgIpc) is 3.67. The van der Waals surface area contributed by atoms with E-state index in [1.807, 2.05) is 0 Å². The summed E-state index contributed by atoms with van der Waals surface area (Å²) < 4.78 is 55.9. The van der Waals surface area contributed by atoms with Crippen LogP contribution in [0.1, 0.15) is 40.9 Å². The van der Waals surface area contributed by atoms with E-state index in [0.29, 0.717) is 59.8 Å². The van der Waals surface area contributed by atoms with Gasteiger partial charge in [-0.3, -0.25) is 14.3 Å². The molecule has 12 heteroatoms. The van der Waals surface area contributed by atoms with E-state index in [4.69, 9.17) is 18.9 Å². The molecule has 0 spiro atoms. The maximum atomic E-state index is 15.4. The van der Waals surface area contributed by atoms with E-state index in [-0.39, 0.29) is 35.4 Å². The molecule has 5 aromatic rings. The van der Waals surface area contributed by atoms with Crippen molar-refractivity contribution in [3.63, 3.8) is 0 Å². The molecule has 3 aromatic carbocycles. The summed E-state index contributed by atoms with van der Waals surface area (Å²) in [5.41, 5.74) is 0.955. The number of para-hydroxylation sites is 1. The number of ether oxygens (including phenoxy) is 4. The molecule has 4 heterocycles. The first-order valence-corrected chi connectivity index (χ1v) is 15.1. The lowest BCUT2D eigenvalue weighted by molar-refractivity contribution is 0.0990. The Morgan fingerprint density at radius 2 is 1.89 bits per heavy atom. The monoisotopic (exact) mass is 628 g/mol. The van der Waals surface area contributed by atoms with Crippen molar-refractivity contribution in [2.45, 2.75) is 44.8 Å². The summed E-state index contributed by atoms with van der Waals surface area (Å²) in [6.07, 6.45) is 3.87. The molecule has 2 aliphatic heterocycles. The van der Waals surface area contributed by atoms with Crippen LogP contribution >= 0.6 is 0 Å². The molecule has 0 amide bonds. The number of hydrogen-bond donors (Lipinski definition) is 0. The highest BCUT2D eigenvalue weighted by molar-refractivity contribution is 5.98. The van der Waals surface area contributed by atoms with Gasteiger partial charge in [-0.1, -0.05) is 18.2 Å². The fraction of sp³-hybridized carbons (Fsp3) is 0.294. The van der Waals surface area contributed by atoms with Crippen LogP contribution in [-0.2, 0) is 24.1 Å². The molecule has 46 heavy (non-hydrogen) atoms. The molecule has 0 bridgehead atoms. The Morgan fingerprint density at radius 3 is 2.67 bits per heavy atom. The summed E-state index contributed by atoms with van der Waals surface area (Å²) in [6.45, 7) is 1.60. The number of aromatic nitrogens is 4. The van der Waals surface area contributed by atoms with Crippen molar-refractivity contribution in [1.82, 2.24) is 19.3 Å². The van der Waals surface area contributed by atoms with Crippen LogP contribution < -0.4 is 19.8 Å². The van der Waals surface area contributed by atoms with E-state index >= 15 is 4.39 Å². The molecule has 0 unspecified atom stereocenters. The van der Waals surface area contributed by atoms with Crippen molar-refractivity contribution in [2.75, 3.05) is 20.3 Å². The van der Waals surface area contributed by atoms with Gasteiger partial charge in [-0.15, -0.1) is 0 Å². The van der Waals surface area contributed by atoms with Crippen molar-refractivity contribution < 1.29 is 32.5 Å². The molecule has 0 radical (unpaired) electrons. The number of carbonyl (C=O) groups excluding carboxylic acids is 1. The fourth-order valence-corrected chi connectivity index (χ4v) is 6.05. The van der Waals surface area contributed by atoms with E-state index in [1.54, 1.807) is 35.0 Å². The van der Waals surface area contributed by atoms with Gasteiger partial charge in [0.2, 0.25) is 5.88 Å². The van der Waals surface area contributed by atoms with Crippen molar-refractivity contribution in [3.05, 3.63) is 99.7 Å². The maximum absolute atomic E-state index is 15.4. The van der Waals surface area contributed by atoms with Crippen LogP contribution in [0.3, 0.4) is 0 Å². The summed E-state index contributed by atoms with van der Waals surface area (Å²) in [5.74, 6) is -0.800. The normalized spacial score (nSPS) is 15.9. The number of ketones is 1. The third-order valence-electron chi connectivity index (χ3n) is 8.27. The molecule has 1 fully saturated rings. The number of methoxy groups -OCH3 is 1. The predicted molar refractivity (Wildman–Crippen MR) is 163 cm³/mol. The molecule has 0 saturated carbocycles. The van der Waals surface area contributed by atoms with Crippen LogP contribution in [0.2, 0.25) is 0 Å². The molecule has 1 atom stereocenters. The van der Waals surface area contributed by atoms with Crippen LogP contribution in [0, 0.1) is 11.6 Å². The number of carbonyl (C=O) groups is 1. The zero-order chi connectivity index (χ0) is 31.8. The third kappa shape index (κ3) is 5.49. The van der Waals surface area contributed by atoms with E-state index in [1.165, 1.54) is 42.4 Å². The zero-order valence-electron chi connectivity index (χ0n) is 25.0. The minimum absolute atomic E-state index is 0.00824. The highest BCUT2D eigenvalue weighted by atomic mass is 19.1. The van der Waals surface area contributed by atoms with Gasteiger partial charge in [-0.25, -0.2) is 23.4 Å². The Hall–Kier alpha value is -5.10.